The van der Waals surface area contributed by atoms with Gasteiger partial charge in [0.25, 0.3) is 0 Å². The van der Waals surface area contributed by atoms with E-state index in [0.29, 0.717) is 18.8 Å². The maximum absolute atomic E-state index is 11.2. The van der Waals surface area contributed by atoms with Crippen LogP contribution < -0.4 is 5.32 Å². The van der Waals surface area contributed by atoms with Gasteiger partial charge >= 0.3 is 5.97 Å². The topological polar surface area (TPSA) is 51.5 Å². The standard InChI is InChI=1S/C14H14ClNO3/c1-18-14(17)13-7-6-12(19-13)9-16-8-10-2-4-11(15)5-3-10/h2-7,16H,8-9H2,1H3. The van der Waals surface area contributed by atoms with Gasteiger partial charge in [-0.05, 0) is 29.8 Å². The molecule has 0 radical (unpaired) electrons. The van der Waals surface area contributed by atoms with E-state index in [1.165, 1.54) is 7.11 Å². The van der Waals surface area contributed by atoms with E-state index >= 15 is 0 Å². The van der Waals surface area contributed by atoms with Crippen molar-refractivity contribution >= 4 is 17.6 Å². The van der Waals surface area contributed by atoms with Gasteiger partial charge in [-0.25, -0.2) is 4.79 Å². The Balaban J connectivity index is 1.84. The maximum atomic E-state index is 11.2. The Kier molecular flexibility index (Phi) is 4.60. The molecule has 0 spiro atoms. The van der Waals surface area contributed by atoms with Crippen molar-refractivity contribution in [3.05, 3.63) is 58.5 Å². The van der Waals surface area contributed by atoms with Crippen molar-refractivity contribution in [1.29, 1.82) is 0 Å². The maximum Gasteiger partial charge on any atom is 0.373 e. The lowest BCUT2D eigenvalue weighted by Crippen LogP contribution is -2.12. The first kappa shape index (κ1) is 13.6. The molecule has 0 bridgehead atoms. The third-order valence-corrected chi connectivity index (χ3v) is 2.84. The Morgan fingerprint density at radius 2 is 1.95 bits per heavy atom. The van der Waals surface area contributed by atoms with Crippen LogP contribution in [0.3, 0.4) is 0 Å². The second-order valence-corrected chi connectivity index (χ2v) is 4.42. The first-order valence-electron chi connectivity index (χ1n) is 5.81. The number of benzene rings is 1. The van der Waals surface area contributed by atoms with Gasteiger partial charge in [0.2, 0.25) is 5.76 Å². The first-order valence-corrected chi connectivity index (χ1v) is 6.19. The van der Waals surface area contributed by atoms with Crippen LogP contribution in [0.25, 0.3) is 0 Å². The summed E-state index contributed by atoms with van der Waals surface area (Å²) in [5, 5.41) is 3.94. The van der Waals surface area contributed by atoms with Crippen LogP contribution in [0.1, 0.15) is 21.9 Å². The van der Waals surface area contributed by atoms with Crippen molar-refractivity contribution in [1.82, 2.24) is 5.32 Å². The summed E-state index contributed by atoms with van der Waals surface area (Å²) in [5.74, 6) is 0.434. The van der Waals surface area contributed by atoms with Crippen molar-refractivity contribution in [2.75, 3.05) is 7.11 Å². The molecule has 0 aliphatic carbocycles. The lowest BCUT2D eigenvalue weighted by atomic mass is 10.2. The van der Waals surface area contributed by atoms with E-state index in [1.807, 2.05) is 24.3 Å². The van der Waals surface area contributed by atoms with Crippen LogP contribution in [0.15, 0.2) is 40.8 Å². The molecule has 2 rings (SSSR count). The van der Waals surface area contributed by atoms with Crippen molar-refractivity contribution in [3.8, 4) is 0 Å². The van der Waals surface area contributed by atoms with E-state index in [-0.39, 0.29) is 5.76 Å². The molecule has 1 N–H and O–H groups in total. The monoisotopic (exact) mass is 279 g/mol. The van der Waals surface area contributed by atoms with E-state index in [9.17, 15) is 4.79 Å². The number of halogens is 1. The lowest BCUT2D eigenvalue weighted by Gasteiger charge is -2.03. The summed E-state index contributed by atoms with van der Waals surface area (Å²) in [6.45, 7) is 1.24. The molecule has 100 valence electrons. The van der Waals surface area contributed by atoms with Crippen LogP contribution in [0.2, 0.25) is 5.02 Å². The smallest absolute Gasteiger partial charge is 0.373 e. The molecule has 1 heterocycles. The summed E-state index contributed by atoms with van der Waals surface area (Å²) < 4.78 is 9.90. The fraction of sp³-hybridized carbons (Fsp3) is 0.214. The minimum Gasteiger partial charge on any atom is -0.463 e. The normalized spacial score (nSPS) is 10.4. The molecule has 2 aromatic rings. The van der Waals surface area contributed by atoms with Crippen LogP contribution in [-0.4, -0.2) is 13.1 Å². The molecule has 0 fully saturated rings. The van der Waals surface area contributed by atoms with Gasteiger partial charge in [0, 0.05) is 11.6 Å². The predicted octanol–water partition coefficient (Wildman–Crippen LogP) is 3.01. The molecule has 0 saturated carbocycles. The Bertz CT molecular complexity index is 548. The Labute approximate surface area is 116 Å². The van der Waals surface area contributed by atoms with E-state index in [4.69, 9.17) is 16.0 Å². The summed E-state index contributed by atoms with van der Waals surface area (Å²) in [5.41, 5.74) is 1.13. The molecular weight excluding hydrogens is 266 g/mol. The quantitative estimate of drug-likeness (QED) is 0.855. The van der Waals surface area contributed by atoms with Crippen molar-refractivity contribution in [3.63, 3.8) is 0 Å². The number of hydrogen-bond donors (Lipinski definition) is 1. The third kappa shape index (κ3) is 3.84. The number of rotatable bonds is 5. The number of methoxy groups -OCH3 is 1. The molecular formula is C14H14ClNO3. The van der Waals surface area contributed by atoms with Crippen molar-refractivity contribution in [2.24, 2.45) is 0 Å². The minimum atomic E-state index is -0.469. The first-order chi connectivity index (χ1) is 9.19. The summed E-state index contributed by atoms with van der Waals surface area (Å²) in [6, 6.07) is 11.0. The molecule has 5 heteroatoms. The zero-order chi connectivity index (χ0) is 13.7. The molecule has 0 amide bonds. The zero-order valence-corrected chi connectivity index (χ0v) is 11.2. The van der Waals surface area contributed by atoms with Gasteiger partial charge in [-0.3, -0.25) is 0 Å². The van der Waals surface area contributed by atoms with Gasteiger partial charge in [0.05, 0.1) is 13.7 Å². The average molecular weight is 280 g/mol. The Morgan fingerprint density at radius 1 is 1.21 bits per heavy atom. The molecule has 0 unspecified atom stereocenters. The summed E-state index contributed by atoms with van der Waals surface area (Å²) in [6.07, 6.45) is 0. The highest BCUT2D eigenvalue weighted by Crippen LogP contribution is 2.11. The van der Waals surface area contributed by atoms with Crippen LogP contribution >= 0.6 is 11.6 Å². The molecule has 1 aromatic carbocycles. The predicted molar refractivity (Wildman–Crippen MR) is 72.0 cm³/mol. The molecule has 19 heavy (non-hydrogen) atoms. The molecule has 0 aliphatic heterocycles. The highest BCUT2D eigenvalue weighted by Gasteiger charge is 2.10. The van der Waals surface area contributed by atoms with Crippen LogP contribution in [0.5, 0.6) is 0 Å². The summed E-state index contributed by atoms with van der Waals surface area (Å²) >= 11 is 5.81. The molecule has 1 aromatic heterocycles. The van der Waals surface area contributed by atoms with Gasteiger partial charge in [-0.15, -0.1) is 0 Å². The largest absolute Gasteiger partial charge is 0.463 e. The van der Waals surface area contributed by atoms with Gasteiger partial charge in [-0.1, -0.05) is 23.7 Å². The van der Waals surface area contributed by atoms with Crippen molar-refractivity contribution < 1.29 is 13.9 Å². The zero-order valence-electron chi connectivity index (χ0n) is 10.5. The number of furan rings is 1. The van der Waals surface area contributed by atoms with Gasteiger partial charge in [-0.2, -0.15) is 0 Å². The number of hydrogen-bond acceptors (Lipinski definition) is 4. The molecule has 0 aliphatic rings. The Hall–Kier alpha value is -1.78. The number of carbonyl (C=O) groups excluding carboxylic acids is 1. The van der Waals surface area contributed by atoms with Crippen LogP contribution in [0.4, 0.5) is 0 Å². The molecule has 4 nitrogen and oxygen atoms in total. The minimum absolute atomic E-state index is 0.214. The number of ether oxygens (including phenoxy) is 1. The summed E-state index contributed by atoms with van der Waals surface area (Å²) in [7, 11) is 1.32. The lowest BCUT2D eigenvalue weighted by molar-refractivity contribution is 0.0563. The van der Waals surface area contributed by atoms with Gasteiger partial charge in [0.15, 0.2) is 0 Å². The fourth-order valence-corrected chi connectivity index (χ4v) is 1.74. The van der Waals surface area contributed by atoms with Crippen molar-refractivity contribution in [2.45, 2.75) is 13.1 Å². The second kappa shape index (κ2) is 6.41. The van der Waals surface area contributed by atoms with E-state index in [0.717, 1.165) is 10.6 Å². The van der Waals surface area contributed by atoms with Gasteiger partial charge < -0.3 is 14.5 Å². The average Bonchev–Trinajstić information content (AvgIpc) is 2.89. The SMILES string of the molecule is COC(=O)c1ccc(CNCc2ccc(Cl)cc2)o1. The van der Waals surface area contributed by atoms with E-state index in [1.54, 1.807) is 12.1 Å². The summed E-state index contributed by atoms with van der Waals surface area (Å²) in [4.78, 5) is 11.2. The highest BCUT2D eigenvalue weighted by atomic mass is 35.5. The van der Waals surface area contributed by atoms with Gasteiger partial charge in [0.1, 0.15) is 5.76 Å². The fourth-order valence-electron chi connectivity index (χ4n) is 1.62. The Morgan fingerprint density at radius 3 is 2.63 bits per heavy atom. The number of carbonyl (C=O) groups is 1. The molecule has 0 saturated heterocycles. The van der Waals surface area contributed by atoms with Crippen LogP contribution in [-0.2, 0) is 17.8 Å². The third-order valence-electron chi connectivity index (χ3n) is 2.59. The van der Waals surface area contributed by atoms with E-state index in [2.05, 4.69) is 10.1 Å². The number of esters is 1. The molecule has 0 atom stereocenters. The van der Waals surface area contributed by atoms with E-state index < -0.39 is 5.97 Å². The second-order valence-electron chi connectivity index (χ2n) is 3.99. The highest BCUT2D eigenvalue weighted by molar-refractivity contribution is 6.30. The van der Waals surface area contributed by atoms with Crippen LogP contribution in [0, 0.1) is 0 Å². The number of nitrogens with one attached hydrogen (secondary N) is 1.